The Hall–Kier alpha value is -1.59. The molecular weight excluding hydrogens is 314 g/mol. The van der Waals surface area contributed by atoms with Gasteiger partial charge in [0.25, 0.3) is 5.91 Å². The van der Waals surface area contributed by atoms with Gasteiger partial charge in [0.2, 0.25) is 5.91 Å². The van der Waals surface area contributed by atoms with Gasteiger partial charge >= 0.3 is 0 Å². The lowest BCUT2D eigenvalue weighted by Crippen LogP contribution is -2.50. The van der Waals surface area contributed by atoms with E-state index in [1.165, 1.54) is 0 Å². The predicted molar refractivity (Wildman–Crippen MR) is 93.7 cm³/mol. The van der Waals surface area contributed by atoms with Gasteiger partial charge in [0.15, 0.2) is 0 Å². The van der Waals surface area contributed by atoms with Crippen LogP contribution in [0.2, 0.25) is 5.02 Å². The summed E-state index contributed by atoms with van der Waals surface area (Å²) >= 11 is 5.82. The fraction of sp³-hybridized carbons (Fsp3) is 0.529. The zero-order valence-electron chi connectivity index (χ0n) is 14.2. The van der Waals surface area contributed by atoms with E-state index in [1.807, 2.05) is 27.9 Å². The molecule has 0 saturated heterocycles. The first kappa shape index (κ1) is 19.5. The number of hydrogen-bond acceptors (Lipinski definition) is 3. The van der Waals surface area contributed by atoms with E-state index in [0.717, 1.165) is 13.0 Å². The third-order valence-corrected chi connectivity index (χ3v) is 3.68. The molecule has 0 aliphatic carbocycles. The topological polar surface area (TPSA) is 61.4 Å². The van der Waals surface area contributed by atoms with E-state index in [1.54, 1.807) is 24.3 Å². The van der Waals surface area contributed by atoms with Crippen LogP contribution in [0.4, 0.5) is 0 Å². The van der Waals surface area contributed by atoms with Crippen molar-refractivity contribution in [1.29, 1.82) is 0 Å². The van der Waals surface area contributed by atoms with Crippen LogP contribution in [0.15, 0.2) is 24.3 Å². The van der Waals surface area contributed by atoms with Gasteiger partial charge in [-0.2, -0.15) is 0 Å². The van der Waals surface area contributed by atoms with Crippen LogP contribution in [0.1, 0.15) is 30.6 Å². The number of nitrogens with zero attached hydrogens (tertiary/aromatic N) is 1. The SMILES string of the molecule is CC(C)C(NC(=O)c1ccc(Cl)cc1)C(=O)NCCCN(C)C. The number of benzene rings is 1. The van der Waals surface area contributed by atoms with Gasteiger partial charge in [-0.05, 0) is 57.2 Å². The van der Waals surface area contributed by atoms with Crippen molar-refractivity contribution in [3.05, 3.63) is 34.9 Å². The lowest BCUT2D eigenvalue weighted by atomic mass is 10.0. The van der Waals surface area contributed by atoms with E-state index in [4.69, 9.17) is 11.6 Å². The predicted octanol–water partition coefficient (Wildman–Crippen LogP) is 2.16. The molecule has 0 saturated carbocycles. The van der Waals surface area contributed by atoms with Crippen molar-refractivity contribution in [2.75, 3.05) is 27.2 Å². The Kier molecular flexibility index (Phi) is 8.06. The molecule has 0 aromatic heterocycles. The number of halogens is 1. The fourth-order valence-electron chi connectivity index (χ4n) is 2.08. The van der Waals surface area contributed by atoms with E-state index in [-0.39, 0.29) is 17.7 Å². The number of nitrogens with one attached hydrogen (secondary N) is 2. The second-order valence-electron chi connectivity index (χ2n) is 6.15. The summed E-state index contributed by atoms with van der Waals surface area (Å²) in [4.78, 5) is 26.6. The summed E-state index contributed by atoms with van der Waals surface area (Å²) < 4.78 is 0. The van der Waals surface area contributed by atoms with Crippen molar-refractivity contribution in [2.45, 2.75) is 26.3 Å². The summed E-state index contributed by atoms with van der Waals surface area (Å²) in [7, 11) is 3.98. The minimum Gasteiger partial charge on any atom is -0.354 e. The van der Waals surface area contributed by atoms with E-state index in [2.05, 4.69) is 15.5 Å². The molecule has 2 amide bonds. The van der Waals surface area contributed by atoms with E-state index in [0.29, 0.717) is 17.1 Å². The molecule has 0 aliphatic heterocycles. The number of hydrogen-bond donors (Lipinski definition) is 2. The smallest absolute Gasteiger partial charge is 0.251 e. The maximum Gasteiger partial charge on any atom is 0.251 e. The minimum absolute atomic E-state index is 0.0000916. The molecule has 1 rings (SSSR count). The zero-order chi connectivity index (χ0) is 17.4. The van der Waals surface area contributed by atoms with Gasteiger partial charge in [-0.1, -0.05) is 25.4 Å². The minimum atomic E-state index is -0.558. The Morgan fingerprint density at radius 2 is 1.78 bits per heavy atom. The van der Waals surface area contributed by atoms with Crippen LogP contribution < -0.4 is 10.6 Å². The molecule has 1 aromatic rings. The van der Waals surface area contributed by atoms with Crippen LogP contribution in [0, 0.1) is 5.92 Å². The largest absolute Gasteiger partial charge is 0.354 e. The second kappa shape index (κ2) is 9.53. The van der Waals surface area contributed by atoms with E-state index < -0.39 is 6.04 Å². The van der Waals surface area contributed by atoms with Crippen LogP contribution in [0.5, 0.6) is 0 Å². The summed E-state index contributed by atoms with van der Waals surface area (Å²) in [6, 6.07) is 6.04. The highest BCUT2D eigenvalue weighted by Gasteiger charge is 2.24. The molecule has 0 bridgehead atoms. The number of carbonyl (C=O) groups is 2. The molecule has 1 unspecified atom stereocenters. The zero-order valence-corrected chi connectivity index (χ0v) is 15.0. The van der Waals surface area contributed by atoms with E-state index in [9.17, 15) is 9.59 Å². The maximum atomic E-state index is 12.3. The third-order valence-electron chi connectivity index (χ3n) is 3.42. The molecule has 23 heavy (non-hydrogen) atoms. The molecule has 5 nitrogen and oxygen atoms in total. The van der Waals surface area contributed by atoms with Gasteiger partial charge < -0.3 is 15.5 Å². The number of rotatable bonds is 8. The van der Waals surface area contributed by atoms with Crippen LogP contribution in [0.3, 0.4) is 0 Å². The van der Waals surface area contributed by atoms with Crippen molar-refractivity contribution in [3.8, 4) is 0 Å². The molecule has 2 N–H and O–H groups in total. The van der Waals surface area contributed by atoms with Crippen molar-refractivity contribution < 1.29 is 9.59 Å². The third kappa shape index (κ3) is 7.01. The lowest BCUT2D eigenvalue weighted by molar-refractivity contribution is -0.123. The molecule has 6 heteroatoms. The first-order valence-electron chi connectivity index (χ1n) is 7.80. The quantitative estimate of drug-likeness (QED) is 0.713. The normalized spacial score (nSPS) is 12.3. The molecule has 0 fully saturated rings. The van der Waals surface area contributed by atoms with Crippen LogP contribution in [-0.4, -0.2) is 49.9 Å². The van der Waals surface area contributed by atoms with Gasteiger partial charge in [0.05, 0.1) is 0 Å². The Labute approximate surface area is 143 Å². The second-order valence-corrected chi connectivity index (χ2v) is 6.59. The van der Waals surface area contributed by atoms with Gasteiger partial charge in [-0.25, -0.2) is 0 Å². The Bertz CT molecular complexity index is 515. The maximum absolute atomic E-state index is 12.3. The van der Waals surface area contributed by atoms with E-state index >= 15 is 0 Å². The lowest BCUT2D eigenvalue weighted by Gasteiger charge is -2.22. The molecule has 0 radical (unpaired) electrons. The summed E-state index contributed by atoms with van der Waals surface area (Å²) in [6.45, 7) is 5.32. The molecule has 0 spiro atoms. The average molecular weight is 340 g/mol. The Morgan fingerprint density at radius 1 is 1.17 bits per heavy atom. The van der Waals surface area contributed by atoms with Gasteiger partial charge in [0, 0.05) is 17.1 Å². The summed E-state index contributed by atoms with van der Waals surface area (Å²) in [6.07, 6.45) is 0.870. The van der Waals surface area contributed by atoms with Gasteiger partial charge in [-0.15, -0.1) is 0 Å². The first-order chi connectivity index (χ1) is 10.8. The average Bonchev–Trinajstić information content (AvgIpc) is 2.48. The molecule has 1 aromatic carbocycles. The number of amides is 2. The van der Waals surface area contributed by atoms with Crippen molar-refractivity contribution in [2.24, 2.45) is 5.92 Å². The monoisotopic (exact) mass is 339 g/mol. The molecule has 0 aliphatic rings. The molecule has 128 valence electrons. The summed E-state index contributed by atoms with van der Waals surface area (Å²) in [5.74, 6) is -0.426. The van der Waals surface area contributed by atoms with Crippen molar-refractivity contribution in [1.82, 2.24) is 15.5 Å². The van der Waals surface area contributed by atoms with Crippen LogP contribution in [-0.2, 0) is 4.79 Å². The van der Waals surface area contributed by atoms with Crippen LogP contribution in [0.25, 0.3) is 0 Å². The Balaban J connectivity index is 2.58. The molecular formula is C17H26ClN3O2. The summed E-state index contributed by atoms with van der Waals surface area (Å²) in [5, 5.41) is 6.25. The highest BCUT2D eigenvalue weighted by atomic mass is 35.5. The number of carbonyl (C=O) groups excluding carboxylic acids is 2. The highest BCUT2D eigenvalue weighted by molar-refractivity contribution is 6.30. The van der Waals surface area contributed by atoms with Crippen molar-refractivity contribution >= 4 is 23.4 Å². The van der Waals surface area contributed by atoms with Gasteiger partial charge in [-0.3, -0.25) is 9.59 Å². The first-order valence-corrected chi connectivity index (χ1v) is 8.18. The molecule has 1 atom stereocenters. The highest BCUT2D eigenvalue weighted by Crippen LogP contribution is 2.10. The molecule has 0 heterocycles. The van der Waals surface area contributed by atoms with Gasteiger partial charge in [0.1, 0.15) is 6.04 Å². The summed E-state index contributed by atoms with van der Waals surface area (Å²) in [5.41, 5.74) is 0.487. The van der Waals surface area contributed by atoms with Crippen LogP contribution >= 0.6 is 11.6 Å². The standard InChI is InChI=1S/C17H26ClN3O2/c1-12(2)15(17(23)19-10-5-11-21(3)4)20-16(22)13-6-8-14(18)9-7-13/h6-9,12,15H,5,10-11H2,1-4H3,(H,19,23)(H,20,22). The Morgan fingerprint density at radius 3 is 2.30 bits per heavy atom. The van der Waals surface area contributed by atoms with Crippen molar-refractivity contribution in [3.63, 3.8) is 0 Å². The fourth-order valence-corrected chi connectivity index (χ4v) is 2.20.